The number of anilines is 1. The molecule has 1 aliphatic rings. The normalized spacial score (nSPS) is 21.8. The Morgan fingerprint density at radius 3 is 2.50 bits per heavy atom. The zero-order valence-corrected chi connectivity index (χ0v) is 9.85. The van der Waals surface area contributed by atoms with Gasteiger partial charge in [-0.3, -0.25) is 0 Å². The molecule has 3 nitrogen and oxygen atoms in total. The zero-order valence-electron chi connectivity index (χ0n) is 9.85. The van der Waals surface area contributed by atoms with Gasteiger partial charge in [0.15, 0.2) is 0 Å². The van der Waals surface area contributed by atoms with Gasteiger partial charge in [0.25, 0.3) is 0 Å². The van der Waals surface area contributed by atoms with E-state index < -0.39 is 0 Å². The van der Waals surface area contributed by atoms with E-state index in [-0.39, 0.29) is 0 Å². The van der Waals surface area contributed by atoms with Crippen LogP contribution in [0.1, 0.15) is 12.5 Å². The van der Waals surface area contributed by atoms with E-state index in [1.165, 1.54) is 5.69 Å². The van der Waals surface area contributed by atoms with Gasteiger partial charge in [0.2, 0.25) is 0 Å². The molecule has 3 heteroatoms. The van der Waals surface area contributed by atoms with Gasteiger partial charge in [0, 0.05) is 31.4 Å². The van der Waals surface area contributed by atoms with E-state index in [0.717, 1.165) is 25.2 Å². The number of piperazine rings is 1. The summed E-state index contributed by atoms with van der Waals surface area (Å²) in [6, 6.07) is 10.6. The first-order valence-electron chi connectivity index (χ1n) is 5.66. The molecule has 0 bridgehead atoms. The fourth-order valence-corrected chi connectivity index (χ4v) is 2.03. The summed E-state index contributed by atoms with van der Waals surface area (Å²) < 4.78 is 0. The summed E-state index contributed by atoms with van der Waals surface area (Å²) in [6.45, 7) is 5.46. The summed E-state index contributed by atoms with van der Waals surface area (Å²) in [5.41, 5.74) is 1.95. The molecule has 1 atom stereocenters. The molecule has 1 aromatic carbocycles. The van der Waals surface area contributed by atoms with Crippen molar-refractivity contribution in [1.82, 2.24) is 4.90 Å². The smallest absolute Gasteiger partial charge is 0.0991 e. The Morgan fingerprint density at radius 2 is 1.94 bits per heavy atom. The summed E-state index contributed by atoms with van der Waals surface area (Å²) in [6.07, 6.45) is 0. The highest BCUT2D eigenvalue weighted by Gasteiger charge is 2.20. The van der Waals surface area contributed by atoms with Gasteiger partial charge in [-0.05, 0) is 38.2 Å². The SMILES string of the molecule is CC1CN(c2ccc(C#N)cc2)CCN1C. The molecular formula is C13H17N3. The lowest BCUT2D eigenvalue weighted by Gasteiger charge is -2.39. The lowest BCUT2D eigenvalue weighted by atomic mass is 10.1. The highest BCUT2D eigenvalue weighted by Crippen LogP contribution is 2.18. The topological polar surface area (TPSA) is 30.3 Å². The third kappa shape index (κ3) is 2.17. The maximum Gasteiger partial charge on any atom is 0.0991 e. The van der Waals surface area contributed by atoms with E-state index in [4.69, 9.17) is 5.26 Å². The average Bonchev–Trinajstić information content (AvgIpc) is 2.33. The number of hydrogen-bond acceptors (Lipinski definition) is 3. The minimum atomic E-state index is 0.587. The molecule has 1 fully saturated rings. The van der Waals surface area contributed by atoms with E-state index in [2.05, 4.69) is 29.8 Å². The Labute approximate surface area is 96.9 Å². The molecule has 2 rings (SSSR count). The van der Waals surface area contributed by atoms with Crippen molar-refractivity contribution in [2.75, 3.05) is 31.6 Å². The van der Waals surface area contributed by atoms with Crippen LogP contribution in [0, 0.1) is 11.3 Å². The van der Waals surface area contributed by atoms with Crippen LogP contribution in [-0.4, -0.2) is 37.6 Å². The second-order valence-corrected chi connectivity index (χ2v) is 4.43. The van der Waals surface area contributed by atoms with Crippen molar-refractivity contribution in [3.63, 3.8) is 0 Å². The fraction of sp³-hybridized carbons (Fsp3) is 0.462. The number of hydrogen-bond donors (Lipinski definition) is 0. The van der Waals surface area contributed by atoms with Gasteiger partial charge in [-0.1, -0.05) is 0 Å². The first-order valence-corrected chi connectivity index (χ1v) is 5.66. The highest BCUT2D eigenvalue weighted by atomic mass is 15.3. The lowest BCUT2D eigenvalue weighted by molar-refractivity contribution is 0.234. The van der Waals surface area contributed by atoms with E-state index in [1.54, 1.807) is 0 Å². The standard InChI is InChI=1S/C13H17N3/c1-11-10-16(8-7-15(11)2)13-5-3-12(9-14)4-6-13/h3-6,11H,7-8,10H2,1-2H3. The van der Waals surface area contributed by atoms with Gasteiger partial charge in [-0.15, -0.1) is 0 Å². The molecule has 0 radical (unpaired) electrons. The Bertz CT molecular complexity index is 391. The van der Waals surface area contributed by atoms with Gasteiger partial charge in [0.1, 0.15) is 0 Å². The Hall–Kier alpha value is -1.53. The number of nitrogens with zero attached hydrogens (tertiary/aromatic N) is 3. The molecule has 0 spiro atoms. The molecular weight excluding hydrogens is 198 g/mol. The van der Waals surface area contributed by atoms with Crippen LogP contribution in [0.15, 0.2) is 24.3 Å². The molecule has 1 aliphatic heterocycles. The molecule has 0 amide bonds. The molecule has 1 heterocycles. The first kappa shape index (κ1) is 11.0. The van der Waals surface area contributed by atoms with Crippen LogP contribution < -0.4 is 4.90 Å². The minimum Gasteiger partial charge on any atom is -0.369 e. The van der Waals surface area contributed by atoms with Crippen molar-refractivity contribution in [2.24, 2.45) is 0 Å². The van der Waals surface area contributed by atoms with E-state index in [1.807, 2.05) is 24.3 Å². The third-order valence-electron chi connectivity index (χ3n) is 3.32. The summed E-state index contributed by atoms with van der Waals surface area (Å²) in [5, 5.41) is 8.75. The van der Waals surface area contributed by atoms with Gasteiger partial charge in [-0.25, -0.2) is 0 Å². The van der Waals surface area contributed by atoms with Crippen LogP contribution in [0.5, 0.6) is 0 Å². The highest BCUT2D eigenvalue weighted by molar-refractivity contribution is 5.50. The van der Waals surface area contributed by atoms with E-state index in [0.29, 0.717) is 6.04 Å². The average molecular weight is 215 g/mol. The molecule has 0 aliphatic carbocycles. The van der Waals surface area contributed by atoms with Crippen LogP contribution in [0.3, 0.4) is 0 Å². The van der Waals surface area contributed by atoms with Crippen molar-refractivity contribution in [1.29, 1.82) is 5.26 Å². The molecule has 16 heavy (non-hydrogen) atoms. The molecule has 1 unspecified atom stereocenters. The molecule has 0 saturated carbocycles. The zero-order chi connectivity index (χ0) is 11.5. The number of rotatable bonds is 1. The van der Waals surface area contributed by atoms with E-state index in [9.17, 15) is 0 Å². The predicted molar refractivity (Wildman–Crippen MR) is 65.5 cm³/mol. The van der Waals surface area contributed by atoms with Gasteiger partial charge >= 0.3 is 0 Å². The maximum absolute atomic E-state index is 8.75. The minimum absolute atomic E-state index is 0.587. The molecule has 0 aromatic heterocycles. The molecule has 84 valence electrons. The van der Waals surface area contributed by atoms with Crippen LogP contribution >= 0.6 is 0 Å². The predicted octanol–water partition coefficient (Wildman–Crippen LogP) is 1.70. The first-order chi connectivity index (χ1) is 7.70. The molecule has 1 aromatic rings. The summed E-state index contributed by atoms with van der Waals surface area (Å²) in [4.78, 5) is 4.76. The fourth-order valence-electron chi connectivity index (χ4n) is 2.03. The van der Waals surface area contributed by atoms with Crippen molar-refractivity contribution in [3.8, 4) is 6.07 Å². The number of likely N-dealkylation sites (N-methyl/N-ethyl adjacent to an activating group) is 1. The molecule has 1 saturated heterocycles. The second-order valence-electron chi connectivity index (χ2n) is 4.43. The van der Waals surface area contributed by atoms with E-state index >= 15 is 0 Å². The van der Waals surface area contributed by atoms with Gasteiger partial charge < -0.3 is 9.80 Å². The number of benzene rings is 1. The quantitative estimate of drug-likeness (QED) is 0.714. The summed E-state index contributed by atoms with van der Waals surface area (Å²) in [7, 11) is 2.17. The van der Waals surface area contributed by atoms with Crippen molar-refractivity contribution in [2.45, 2.75) is 13.0 Å². The second kappa shape index (κ2) is 4.54. The van der Waals surface area contributed by atoms with Crippen molar-refractivity contribution in [3.05, 3.63) is 29.8 Å². The Balaban J connectivity index is 2.10. The van der Waals surface area contributed by atoms with Crippen LogP contribution in [0.4, 0.5) is 5.69 Å². The van der Waals surface area contributed by atoms with Crippen LogP contribution in [0.2, 0.25) is 0 Å². The molecule has 0 N–H and O–H groups in total. The van der Waals surface area contributed by atoms with Crippen molar-refractivity contribution >= 4 is 5.69 Å². The lowest BCUT2D eigenvalue weighted by Crippen LogP contribution is -2.50. The summed E-state index contributed by atoms with van der Waals surface area (Å²) in [5.74, 6) is 0. The van der Waals surface area contributed by atoms with Gasteiger partial charge in [-0.2, -0.15) is 5.26 Å². The number of nitriles is 1. The summed E-state index contributed by atoms with van der Waals surface area (Å²) >= 11 is 0. The van der Waals surface area contributed by atoms with Crippen LogP contribution in [-0.2, 0) is 0 Å². The monoisotopic (exact) mass is 215 g/mol. The van der Waals surface area contributed by atoms with Gasteiger partial charge in [0.05, 0.1) is 11.6 Å². The van der Waals surface area contributed by atoms with Crippen molar-refractivity contribution < 1.29 is 0 Å². The Morgan fingerprint density at radius 1 is 1.25 bits per heavy atom. The van der Waals surface area contributed by atoms with Crippen LogP contribution in [0.25, 0.3) is 0 Å². The largest absolute Gasteiger partial charge is 0.369 e. The maximum atomic E-state index is 8.75. The third-order valence-corrected chi connectivity index (χ3v) is 3.32. The Kier molecular flexibility index (Phi) is 3.12.